The minimum absolute atomic E-state index is 0.0412. The molecule has 2 atom stereocenters. The van der Waals surface area contributed by atoms with Crippen LogP contribution in [0.15, 0.2) is 66.4 Å². The van der Waals surface area contributed by atoms with E-state index >= 15 is 0 Å². The van der Waals surface area contributed by atoms with Gasteiger partial charge < -0.3 is 15.0 Å². The van der Waals surface area contributed by atoms with Gasteiger partial charge in [0.2, 0.25) is 0 Å². The van der Waals surface area contributed by atoms with Gasteiger partial charge in [-0.15, -0.1) is 0 Å². The zero-order valence-electron chi connectivity index (χ0n) is 15.6. The van der Waals surface area contributed by atoms with Crippen LogP contribution in [-0.2, 0) is 9.53 Å². The molecule has 5 heteroatoms. The average Bonchev–Trinajstić information content (AvgIpc) is 2.67. The van der Waals surface area contributed by atoms with Gasteiger partial charge in [-0.25, -0.2) is 0 Å². The van der Waals surface area contributed by atoms with Crippen molar-refractivity contribution < 1.29 is 14.3 Å². The van der Waals surface area contributed by atoms with Crippen LogP contribution in [0, 0.1) is 0 Å². The smallest absolute Gasteiger partial charge is 0.270 e. The van der Waals surface area contributed by atoms with Gasteiger partial charge in [0.05, 0.1) is 12.2 Å². The van der Waals surface area contributed by atoms with Crippen LogP contribution in [-0.4, -0.2) is 42.0 Å². The molecule has 27 heavy (non-hydrogen) atoms. The van der Waals surface area contributed by atoms with Crippen LogP contribution in [0.1, 0.15) is 29.8 Å². The topological polar surface area (TPSA) is 58.6 Å². The molecule has 0 unspecified atom stereocenters. The van der Waals surface area contributed by atoms with Crippen molar-refractivity contribution in [3.63, 3.8) is 0 Å². The van der Waals surface area contributed by atoms with E-state index in [2.05, 4.69) is 5.32 Å². The van der Waals surface area contributed by atoms with Crippen molar-refractivity contribution in [3.8, 4) is 0 Å². The predicted molar refractivity (Wildman–Crippen MR) is 105 cm³/mol. The second kappa shape index (κ2) is 8.64. The summed E-state index contributed by atoms with van der Waals surface area (Å²) in [6.07, 6.45) is 1.63. The largest absolute Gasteiger partial charge is 0.372 e. The van der Waals surface area contributed by atoms with Gasteiger partial charge in [0.15, 0.2) is 0 Å². The number of hydrogen-bond donors (Lipinski definition) is 1. The highest BCUT2D eigenvalue weighted by atomic mass is 16.5. The van der Waals surface area contributed by atoms with Gasteiger partial charge in [0, 0.05) is 18.7 Å². The highest BCUT2D eigenvalue weighted by Gasteiger charge is 2.28. The van der Waals surface area contributed by atoms with E-state index in [1.807, 2.05) is 50.2 Å². The first-order valence-electron chi connectivity index (χ1n) is 9.11. The monoisotopic (exact) mass is 364 g/mol. The van der Waals surface area contributed by atoms with E-state index < -0.39 is 0 Å². The van der Waals surface area contributed by atoms with Crippen molar-refractivity contribution in [2.45, 2.75) is 26.1 Å². The van der Waals surface area contributed by atoms with E-state index in [-0.39, 0.29) is 29.7 Å². The Morgan fingerprint density at radius 3 is 2.11 bits per heavy atom. The van der Waals surface area contributed by atoms with Gasteiger partial charge in [0.25, 0.3) is 11.8 Å². The van der Waals surface area contributed by atoms with E-state index in [1.165, 1.54) is 0 Å². The summed E-state index contributed by atoms with van der Waals surface area (Å²) < 4.78 is 5.71. The highest BCUT2D eigenvalue weighted by Crippen LogP contribution is 2.15. The molecule has 1 heterocycles. The third-order valence-electron chi connectivity index (χ3n) is 4.33. The molecule has 1 fully saturated rings. The average molecular weight is 364 g/mol. The van der Waals surface area contributed by atoms with Crippen LogP contribution < -0.4 is 5.32 Å². The molecule has 3 rings (SSSR count). The van der Waals surface area contributed by atoms with Crippen LogP contribution in [0.2, 0.25) is 0 Å². The van der Waals surface area contributed by atoms with Gasteiger partial charge in [-0.05, 0) is 37.6 Å². The molecule has 0 radical (unpaired) electrons. The summed E-state index contributed by atoms with van der Waals surface area (Å²) in [7, 11) is 0. The molecule has 2 aromatic carbocycles. The number of rotatable bonds is 4. The summed E-state index contributed by atoms with van der Waals surface area (Å²) in [6.45, 7) is 4.88. The maximum Gasteiger partial charge on any atom is 0.270 e. The standard InChI is InChI=1S/C22H24N2O3/c1-16-14-24(15-17(2)27-16)22(26)20(13-18-9-5-3-6-10-18)23-21(25)19-11-7-4-8-12-19/h3-13,16-17H,14-15H2,1-2H3,(H,23,25)/b20-13+/t16-,17-/m0/s1. The molecule has 140 valence electrons. The van der Waals surface area contributed by atoms with Crippen LogP contribution in [0.5, 0.6) is 0 Å². The Morgan fingerprint density at radius 1 is 0.963 bits per heavy atom. The molecular weight excluding hydrogens is 340 g/mol. The van der Waals surface area contributed by atoms with Gasteiger partial charge in [0.1, 0.15) is 5.70 Å². The van der Waals surface area contributed by atoms with E-state index in [1.54, 1.807) is 35.2 Å². The van der Waals surface area contributed by atoms with Crippen molar-refractivity contribution in [2.24, 2.45) is 0 Å². The van der Waals surface area contributed by atoms with Crippen LogP contribution >= 0.6 is 0 Å². The molecule has 0 aromatic heterocycles. The molecule has 5 nitrogen and oxygen atoms in total. The predicted octanol–water partition coefficient (Wildman–Crippen LogP) is 3.09. The zero-order chi connectivity index (χ0) is 19.2. The second-order valence-corrected chi connectivity index (χ2v) is 6.76. The molecule has 1 N–H and O–H groups in total. The van der Waals surface area contributed by atoms with Gasteiger partial charge in [-0.1, -0.05) is 48.5 Å². The quantitative estimate of drug-likeness (QED) is 0.848. The molecule has 0 saturated carbocycles. The molecule has 0 spiro atoms. The van der Waals surface area contributed by atoms with Crippen LogP contribution in [0.3, 0.4) is 0 Å². The second-order valence-electron chi connectivity index (χ2n) is 6.76. The van der Waals surface area contributed by atoms with Crippen molar-refractivity contribution in [2.75, 3.05) is 13.1 Å². The van der Waals surface area contributed by atoms with Crippen molar-refractivity contribution >= 4 is 17.9 Å². The van der Waals surface area contributed by atoms with Crippen LogP contribution in [0.4, 0.5) is 0 Å². The number of nitrogens with one attached hydrogen (secondary N) is 1. The summed E-state index contributed by atoms with van der Waals surface area (Å²) in [6, 6.07) is 18.4. The Bertz CT molecular complexity index is 808. The molecule has 0 bridgehead atoms. The minimum Gasteiger partial charge on any atom is -0.372 e. The summed E-state index contributed by atoms with van der Waals surface area (Å²) in [5, 5.41) is 2.80. The van der Waals surface area contributed by atoms with Crippen molar-refractivity contribution in [1.82, 2.24) is 10.2 Å². The number of nitrogens with zero attached hydrogens (tertiary/aromatic N) is 1. The summed E-state index contributed by atoms with van der Waals surface area (Å²) >= 11 is 0. The van der Waals surface area contributed by atoms with E-state index in [4.69, 9.17) is 4.74 Å². The zero-order valence-corrected chi connectivity index (χ0v) is 15.6. The summed E-state index contributed by atoms with van der Waals surface area (Å²) in [5.41, 5.74) is 1.62. The molecule has 2 amide bonds. The Labute approximate surface area is 159 Å². The number of benzene rings is 2. The maximum absolute atomic E-state index is 13.1. The normalized spacial score (nSPS) is 20.2. The third-order valence-corrected chi connectivity index (χ3v) is 4.33. The lowest BCUT2D eigenvalue weighted by Gasteiger charge is -2.35. The fourth-order valence-corrected chi connectivity index (χ4v) is 3.17. The Kier molecular flexibility index (Phi) is 6.04. The summed E-state index contributed by atoms with van der Waals surface area (Å²) in [4.78, 5) is 27.5. The minimum atomic E-state index is -0.305. The molecular formula is C22H24N2O3. The van der Waals surface area contributed by atoms with Gasteiger partial charge >= 0.3 is 0 Å². The van der Waals surface area contributed by atoms with Gasteiger partial charge in [-0.3, -0.25) is 9.59 Å². The van der Waals surface area contributed by atoms with Crippen molar-refractivity contribution in [3.05, 3.63) is 77.5 Å². The first kappa shape index (κ1) is 18.9. The molecule has 0 aliphatic carbocycles. The third kappa shape index (κ3) is 5.05. The highest BCUT2D eigenvalue weighted by molar-refractivity contribution is 6.05. The lowest BCUT2D eigenvalue weighted by Crippen LogP contribution is -2.50. The Balaban J connectivity index is 1.87. The molecule has 1 aliphatic rings. The lowest BCUT2D eigenvalue weighted by molar-refractivity contribution is -0.139. The maximum atomic E-state index is 13.1. The Morgan fingerprint density at radius 2 is 1.52 bits per heavy atom. The SMILES string of the molecule is C[C@H]1CN(C(=O)/C(=C\c2ccccc2)NC(=O)c2ccccc2)C[C@H](C)O1. The van der Waals surface area contributed by atoms with E-state index in [0.29, 0.717) is 18.7 Å². The molecule has 2 aromatic rings. The fraction of sp³-hybridized carbons (Fsp3) is 0.273. The van der Waals surface area contributed by atoms with Gasteiger partial charge in [-0.2, -0.15) is 0 Å². The number of hydrogen-bond acceptors (Lipinski definition) is 3. The number of ether oxygens (including phenoxy) is 1. The number of amides is 2. The Hall–Kier alpha value is -2.92. The fourth-order valence-electron chi connectivity index (χ4n) is 3.17. The summed E-state index contributed by atoms with van der Waals surface area (Å²) in [5.74, 6) is -0.509. The molecule has 1 aliphatic heterocycles. The number of carbonyl (C=O) groups is 2. The molecule has 1 saturated heterocycles. The lowest BCUT2D eigenvalue weighted by atomic mass is 10.1. The van der Waals surface area contributed by atoms with E-state index in [9.17, 15) is 9.59 Å². The first-order chi connectivity index (χ1) is 13.0. The van der Waals surface area contributed by atoms with Crippen LogP contribution in [0.25, 0.3) is 6.08 Å². The van der Waals surface area contributed by atoms with E-state index in [0.717, 1.165) is 5.56 Å². The number of carbonyl (C=O) groups excluding carboxylic acids is 2. The first-order valence-corrected chi connectivity index (χ1v) is 9.11. The van der Waals surface area contributed by atoms with Crippen molar-refractivity contribution in [1.29, 1.82) is 0 Å². The number of morpholine rings is 1.